The highest BCUT2D eigenvalue weighted by atomic mass is 35.6. The van der Waals surface area contributed by atoms with Crippen LogP contribution < -0.4 is 0 Å². The monoisotopic (exact) mass is 308 g/mol. The third-order valence-electron chi connectivity index (χ3n) is 4.53. The predicted molar refractivity (Wildman–Crippen MR) is 96.5 cm³/mol. The molecule has 21 heavy (non-hydrogen) atoms. The molecule has 0 aliphatic heterocycles. The number of rotatable bonds is 1. The molecule has 0 saturated heterocycles. The Hall–Kier alpha value is -1.57. The SMILES string of the molecule is C[Si](C)(Cl)C1=Cc2c(c3ccccc3c3ccccc23)C1. The summed E-state index contributed by atoms with van der Waals surface area (Å²) >= 11 is 6.70. The summed E-state index contributed by atoms with van der Waals surface area (Å²) < 4.78 is 0. The molecule has 0 N–H and O–H groups in total. The minimum atomic E-state index is -1.76. The highest BCUT2D eigenvalue weighted by Crippen LogP contribution is 2.41. The molecule has 3 aromatic rings. The van der Waals surface area contributed by atoms with Crippen LogP contribution in [0, 0.1) is 0 Å². The average Bonchev–Trinajstić information content (AvgIpc) is 2.93. The van der Waals surface area contributed by atoms with Crippen molar-refractivity contribution in [1.82, 2.24) is 0 Å². The van der Waals surface area contributed by atoms with Crippen LogP contribution >= 0.6 is 11.1 Å². The maximum absolute atomic E-state index is 6.70. The molecule has 1 aliphatic carbocycles. The van der Waals surface area contributed by atoms with Crippen molar-refractivity contribution in [1.29, 1.82) is 0 Å². The first-order chi connectivity index (χ1) is 10.1. The van der Waals surface area contributed by atoms with Gasteiger partial charge in [-0.25, -0.2) is 0 Å². The summed E-state index contributed by atoms with van der Waals surface area (Å²) in [6.07, 6.45) is 3.38. The summed E-state index contributed by atoms with van der Waals surface area (Å²) in [6, 6.07) is 17.5. The normalized spacial score (nSPS) is 14.5. The molecule has 0 unspecified atom stereocenters. The van der Waals surface area contributed by atoms with E-state index in [4.69, 9.17) is 11.1 Å². The van der Waals surface area contributed by atoms with Gasteiger partial charge in [0.25, 0.3) is 0 Å². The van der Waals surface area contributed by atoms with E-state index in [1.807, 2.05) is 0 Å². The maximum Gasteiger partial charge on any atom is 0.177 e. The summed E-state index contributed by atoms with van der Waals surface area (Å²) in [7, 11) is -1.76. The number of benzene rings is 3. The summed E-state index contributed by atoms with van der Waals surface area (Å²) in [5, 5.41) is 6.89. The Bertz CT molecular complexity index is 900. The number of hydrogen-bond acceptors (Lipinski definition) is 0. The van der Waals surface area contributed by atoms with E-state index in [-0.39, 0.29) is 0 Å². The molecule has 0 radical (unpaired) electrons. The predicted octanol–water partition coefficient (Wildman–Crippen LogP) is 5.92. The van der Waals surface area contributed by atoms with Crippen molar-refractivity contribution in [2.45, 2.75) is 19.5 Å². The summed E-state index contributed by atoms with van der Waals surface area (Å²) in [4.78, 5) is 0. The molecule has 0 spiro atoms. The fourth-order valence-electron chi connectivity index (χ4n) is 3.39. The van der Waals surface area contributed by atoms with Crippen LogP contribution in [0.25, 0.3) is 27.6 Å². The molecule has 104 valence electrons. The van der Waals surface area contributed by atoms with Gasteiger partial charge in [-0.1, -0.05) is 72.9 Å². The van der Waals surface area contributed by atoms with Gasteiger partial charge in [-0.2, -0.15) is 11.1 Å². The largest absolute Gasteiger partial charge is 0.177 e. The lowest BCUT2D eigenvalue weighted by atomic mass is 9.93. The first-order valence-corrected chi connectivity index (χ1v) is 11.4. The van der Waals surface area contributed by atoms with Crippen molar-refractivity contribution in [3.63, 3.8) is 0 Å². The van der Waals surface area contributed by atoms with Crippen LogP contribution in [0.3, 0.4) is 0 Å². The fraction of sp³-hybridized carbons (Fsp3) is 0.158. The lowest BCUT2D eigenvalue weighted by Crippen LogP contribution is -2.20. The molecular formula is C19H17ClSi. The van der Waals surface area contributed by atoms with E-state index >= 15 is 0 Å². The quantitative estimate of drug-likeness (QED) is 0.297. The van der Waals surface area contributed by atoms with Crippen LogP contribution in [0.15, 0.2) is 53.7 Å². The molecule has 0 amide bonds. The molecule has 0 fully saturated rings. The second kappa shape index (κ2) is 4.46. The van der Waals surface area contributed by atoms with Gasteiger partial charge < -0.3 is 0 Å². The zero-order valence-corrected chi connectivity index (χ0v) is 14.0. The summed E-state index contributed by atoms with van der Waals surface area (Å²) in [5.74, 6) is 0. The molecule has 0 saturated carbocycles. The van der Waals surface area contributed by atoms with Crippen LogP contribution in [-0.4, -0.2) is 7.38 Å². The fourth-order valence-corrected chi connectivity index (χ4v) is 4.84. The van der Waals surface area contributed by atoms with Crippen molar-refractivity contribution in [3.8, 4) is 0 Å². The standard InChI is InChI=1S/C19H17ClSi/c1-21(2,20)13-11-18-16-9-5-3-7-14(16)15-8-4-6-10-17(15)19(18)12-13/h3-11H,12H2,1-2H3. The Balaban J connectivity index is 2.14. The number of halogens is 1. The van der Waals surface area contributed by atoms with Crippen LogP contribution in [0.4, 0.5) is 0 Å². The van der Waals surface area contributed by atoms with E-state index in [0.717, 1.165) is 6.42 Å². The Kier molecular flexibility index (Phi) is 2.78. The van der Waals surface area contributed by atoms with Crippen LogP contribution in [0.1, 0.15) is 11.1 Å². The molecule has 0 nitrogen and oxygen atoms in total. The minimum absolute atomic E-state index is 1.02. The van der Waals surface area contributed by atoms with Gasteiger partial charge >= 0.3 is 0 Å². The smallest absolute Gasteiger partial charge is 0.162 e. The van der Waals surface area contributed by atoms with E-state index in [1.165, 1.54) is 37.9 Å². The molecule has 0 aromatic heterocycles. The first kappa shape index (κ1) is 13.1. The minimum Gasteiger partial charge on any atom is -0.162 e. The zero-order chi connectivity index (χ0) is 14.6. The van der Waals surface area contributed by atoms with E-state index < -0.39 is 7.38 Å². The Morgan fingerprint density at radius 1 is 0.810 bits per heavy atom. The van der Waals surface area contributed by atoms with Crippen LogP contribution in [-0.2, 0) is 6.42 Å². The van der Waals surface area contributed by atoms with Gasteiger partial charge in [0.2, 0.25) is 0 Å². The van der Waals surface area contributed by atoms with Gasteiger partial charge in [-0.3, -0.25) is 0 Å². The van der Waals surface area contributed by atoms with Gasteiger partial charge in [0.1, 0.15) is 0 Å². The third-order valence-corrected chi connectivity index (χ3v) is 7.11. The topological polar surface area (TPSA) is 0 Å². The van der Waals surface area contributed by atoms with Gasteiger partial charge in [0.15, 0.2) is 7.38 Å². The van der Waals surface area contributed by atoms with Crippen LogP contribution in [0.5, 0.6) is 0 Å². The molecule has 4 rings (SSSR count). The van der Waals surface area contributed by atoms with Crippen molar-refractivity contribution in [3.05, 3.63) is 64.9 Å². The first-order valence-electron chi connectivity index (χ1n) is 7.38. The molecule has 0 heterocycles. The number of fused-ring (bicyclic) bond motifs is 6. The van der Waals surface area contributed by atoms with Gasteiger partial charge in [0.05, 0.1) is 0 Å². The van der Waals surface area contributed by atoms with Crippen LogP contribution in [0.2, 0.25) is 13.1 Å². The molecule has 0 bridgehead atoms. The molecular weight excluding hydrogens is 292 g/mol. The second-order valence-corrected chi connectivity index (χ2v) is 12.7. The van der Waals surface area contributed by atoms with Crippen molar-refractivity contribution in [2.24, 2.45) is 0 Å². The Labute approximate surface area is 130 Å². The van der Waals surface area contributed by atoms with E-state index in [9.17, 15) is 0 Å². The van der Waals surface area contributed by atoms with Gasteiger partial charge in [0, 0.05) is 0 Å². The van der Waals surface area contributed by atoms with E-state index in [0.29, 0.717) is 0 Å². The Morgan fingerprint density at radius 2 is 1.33 bits per heavy atom. The Morgan fingerprint density at radius 3 is 1.95 bits per heavy atom. The average molecular weight is 309 g/mol. The van der Waals surface area contributed by atoms with E-state index in [1.54, 1.807) is 0 Å². The van der Waals surface area contributed by atoms with Crippen molar-refractivity contribution >= 4 is 46.1 Å². The molecule has 2 heteroatoms. The highest BCUT2D eigenvalue weighted by molar-refractivity contribution is 7.23. The lowest BCUT2D eigenvalue weighted by molar-refractivity contribution is 1.30. The van der Waals surface area contributed by atoms with Gasteiger partial charge in [-0.15, -0.1) is 0 Å². The highest BCUT2D eigenvalue weighted by Gasteiger charge is 2.29. The van der Waals surface area contributed by atoms with Crippen molar-refractivity contribution in [2.75, 3.05) is 0 Å². The number of hydrogen-bond donors (Lipinski definition) is 0. The third kappa shape index (κ3) is 1.96. The van der Waals surface area contributed by atoms with Crippen molar-refractivity contribution < 1.29 is 0 Å². The summed E-state index contributed by atoms with van der Waals surface area (Å²) in [5.41, 5.74) is 2.85. The molecule has 0 atom stereocenters. The lowest BCUT2D eigenvalue weighted by Gasteiger charge is -2.14. The zero-order valence-electron chi connectivity index (χ0n) is 12.3. The maximum atomic E-state index is 6.70. The van der Waals surface area contributed by atoms with Gasteiger partial charge in [-0.05, 0) is 39.1 Å². The summed E-state index contributed by atoms with van der Waals surface area (Å²) in [6.45, 7) is 4.44. The molecule has 3 aromatic carbocycles. The van der Waals surface area contributed by atoms with E-state index in [2.05, 4.69) is 67.7 Å². The molecule has 1 aliphatic rings. The number of allylic oxidation sites excluding steroid dienone is 1. The second-order valence-electron chi connectivity index (χ2n) is 6.30.